The van der Waals surface area contributed by atoms with Gasteiger partial charge in [-0.1, -0.05) is 26.0 Å². The second kappa shape index (κ2) is 9.11. The summed E-state index contributed by atoms with van der Waals surface area (Å²) in [6, 6.07) is 17.0. The molecule has 0 radical (unpaired) electrons. The average molecular weight is 463 g/mol. The van der Waals surface area contributed by atoms with E-state index in [2.05, 4.69) is 10.3 Å². The van der Waals surface area contributed by atoms with E-state index in [1.54, 1.807) is 37.5 Å². The summed E-state index contributed by atoms with van der Waals surface area (Å²) >= 11 is 1.41. The van der Waals surface area contributed by atoms with Crippen molar-refractivity contribution in [2.75, 3.05) is 6.54 Å². The number of amides is 1. The largest absolute Gasteiger partial charge is 0.444 e. The maximum atomic E-state index is 13.2. The Morgan fingerprint density at radius 2 is 1.82 bits per heavy atom. The van der Waals surface area contributed by atoms with E-state index in [1.807, 2.05) is 38.1 Å². The Morgan fingerprint density at radius 3 is 2.52 bits per heavy atom. The number of benzene rings is 2. The zero-order chi connectivity index (χ0) is 23.6. The van der Waals surface area contributed by atoms with E-state index in [0.29, 0.717) is 34.1 Å². The van der Waals surface area contributed by atoms with Crippen molar-refractivity contribution in [2.24, 2.45) is 0 Å². The van der Waals surface area contributed by atoms with Gasteiger partial charge >= 0.3 is 0 Å². The van der Waals surface area contributed by atoms with Crippen molar-refractivity contribution < 1.29 is 18.4 Å². The fraction of sp³-hybridized carbons (Fsp3) is 0.192. The number of oxazole rings is 1. The quantitative estimate of drug-likeness (QED) is 0.336. The molecule has 0 atom stereocenters. The molecule has 1 N–H and O–H groups in total. The summed E-state index contributed by atoms with van der Waals surface area (Å²) in [5, 5.41) is 2.98. The summed E-state index contributed by atoms with van der Waals surface area (Å²) in [7, 11) is 0. The molecule has 4 aromatic rings. The molecule has 0 aliphatic heterocycles. The van der Waals surface area contributed by atoms with Crippen LogP contribution in [0.25, 0.3) is 21.9 Å². The molecule has 7 heteroatoms. The number of Topliss-reactive ketones (excluding diaryl/α,β-unsaturated/α-hetero) is 1. The highest BCUT2D eigenvalue weighted by Gasteiger charge is 2.26. The van der Waals surface area contributed by atoms with Crippen LogP contribution in [-0.2, 0) is 5.41 Å². The van der Waals surface area contributed by atoms with Crippen LogP contribution in [0.3, 0.4) is 0 Å². The van der Waals surface area contributed by atoms with Crippen molar-refractivity contribution in [3.63, 3.8) is 0 Å². The molecule has 0 unspecified atom stereocenters. The first kappa shape index (κ1) is 22.6. The first-order chi connectivity index (χ1) is 15.7. The molecule has 2 aromatic carbocycles. The van der Waals surface area contributed by atoms with Gasteiger partial charge < -0.3 is 9.73 Å². The minimum Gasteiger partial charge on any atom is -0.444 e. The van der Waals surface area contributed by atoms with Crippen molar-refractivity contribution >= 4 is 23.0 Å². The van der Waals surface area contributed by atoms with E-state index in [-0.39, 0.29) is 17.5 Å². The van der Waals surface area contributed by atoms with Crippen LogP contribution in [0.5, 0.6) is 0 Å². The van der Waals surface area contributed by atoms with E-state index in [0.717, 1.165) is 10.4 Å². The number of aromatic nitrogens is 1. The minimum absolute atomic E-state index is 0.0258. The van der Waals surface area contributed by atoms with Crippen LogP contribution in [0.4, 0.5) is 4.39 Å². The molecule has 2 aromatic heterocycles. The number of thiophene rings is 1. The molecule has 2 heterocycles. The lowest BCUT2D eigenvalue weighted by molar-refractivity contribution is 0.0944. The summed E-state index contributed by atoms with van der Waals surface area (Å²) in [6.45, 7) is 5.81. The maximum Gasteiger partial charge on any atom is 0.251 e. The van der Waals surface area contributed by atoms with Gasteiger partial charge in [-0.15, -0.1) is 11.3 Å². The molecular weight excluding hydrogens is 439 g/mol. The first-order valence-corrected chi connectivity index (χ1v) is 11.3. The third-order valence-corrected chi connectivity index (χ3v) is 6.58. The predicted octanol–water partition coefficient (Wildman–Crippen LogP) is 6.12. The smallest absolute Gasteiger partial charge is 0.251 e. The molecule has 0 bridgehead atoms. The Labute approximate surface area is 195 Å². The van der Waals surface area contributed by atoms with Crippen LogP contribution >= 0.6 is 11.3 Å². The number of halogens is 1. The Kier molecular flexibility index (Phi) is 6.24. The van der Waals surface area contributed by atoms with Gasteiger partial charge in [0.2, 0.25) is 5.89 Å². The Bertz CT molecular complexity index is 1310. The molecule has 0 aliphatic carbocycles. The van der Waals surface area contributed by atoms with Gasteiger partial charge in [0, 0.05) is 28.0 Å². The van der Waals surface area contributed by atoms with Crippen LogP contribution in [0.1, 0.15) is 46.5 Å². The normalized spacial score (nSPS) is 11.4. The Hall–Kier alpha value is -3.58. The minimum atomic E-state index is -0.487. The predicted molar refractivity (Wildman–Crippen MR) is 127 cm³/mol. The van der Waals surface area contributed by atoms with Gasteiger partial charge in [0.25, 0.3) is 5.91 Å². The lowest BCUT2D eigenvalue weighted by atomic mass is 9.90. The van der Waals surface area contributed by atoms with Gasteiger partial charge in [-0.25, -0.2) is 9.37 Å². The van der Waals surface area contributed by atoms with E-state index in [1.165, 1.54) is 23.5 Å². The topological polar surface area (TPSA) is 72.2 Å². The number of carbonyl (C=O) groups is 2. The molecule has 5 nitrogen and oxygen atoms in total. The average Bonchev–Trinajstić information content (AvgIpc) is 3.49. The van der Waals surface area contributed by atoms with Crippen LogP contribution in [0.2, 0.25) is 0 Å². The van der Waals surface area contributed by atoms with Crippen molar-refractivity contribution in [3.8, 4) is 21.9 Å². The van der Waals surface area contributed by atoms with Crippen LogP contribution in [0, 0.1) is 5.82 Å². The molecule has 168 valence electrons. The molecule has 0 spiro atoms. The van der Waals surface area contributed by atoms with E-state index in [9.17, 15) is 14.0 Å². The van der Waals surface area contributed by atoms with Gasteiger partial charge in [-0.05, 0) is 61.0 Å². The number of ketones is 1. The fourth-order valence-corrected chi connectivity index (χ4v) is 4.20. The standard InChI is InChI=1S/C26H23FN2O3S/c1-16(30)21-11-12-22(33-21)18-5-4-6-19(13-18)24(31)28-15-26(2,3)23-14-32-25(29-23)17-7-9-20(27)10-8-17/h4-14H,15H2,1-3H3,(H,28,31). The summed E-state index contributed by atoms with van der Waals surface area (Å²) in [5.74, 6) is -0.0951. The Balaban J connectivity index is 1.45. The monoisotopic (exact) mass is 462 g/mol. The SMILES string of the molecule is CC(=O)c1ccc(-c2cccc(C(=O)NCC(C)(C)c3coc(-c4ccc(F)cc4)n3)c2)s1. The van der Waals surface area contributed by atoms with Gasteiger partial charge in [0.05, 0.1) is 10.6 Å². The highest BCUT2D eigenvalue weighted by molar-refractivity contribution is 7.17. The first-order valence-electron chi connectivity index (χ1n) is 10.4. The summed E-state index contributed by atoms with van der Waals surface area (Å²) < 4.78 is 18.7. The van der Waals surface area contributed by atoms with E-state index < -0.39 is 5.41 Å². The second-order valence-corrected chi connectivity index (χ2v) is 9.50. The van der Waals surface area contributed by atoms with Crippen molar-refractivity contribution in [1.82, 2.24) is 10.3 Å². The van der Waals surface area contributed by atoms with E-state index >= 15 is 0 Å². The zero-order valence-corrected chi connectivity index (χ0v) is 19.3. The Morgan fingerprint density at radius 1 is 1.06 bits per heavy atom. The summed E-state index contributed by atoms with van der Waals surface area (Å²) in [4.78, 5) is 30.6. The van der Waals surface area contributed by atoms with Gasteiger partial charge in [-0.2, -0.15) is 0 Å². The third-order valence-electron chi connectivity index (χ3n) is 5.34. The summed E-state index contributed by atoms with van der Waals surface area (Å²) in [5.41, 5.74) is 2.30. The number of hydrogen-bond acceptors (Lipinski definition) is 5. The van der Waals surface area contributed by atoms with Gasteiger partial charge in [0.15, 0.2) is 5.78 Å². The van der Waals surface area contributed by atoms with Crippen LogP contribution in [0.15, 0.2) is 71.3 Å². The van der Waals surface area contributed by atoms with Crippen LogP contribution < -0.4 is 5.32 Å². The molecular formula is C26H23FN2O3S. The highest BCUT2D eigenvalue weighted by Crippen LogP contribution is 2.29. The zero-order valence-electron chi connectivity index (χ0n) is 18.5. The molecule has 0 saturated carbocycles. The molecule has 33 heavy (non-hydrogen) atoms. The van der Waals surface area contributed by atoms with Crippen molar-refractivity contribution in [2.45, 2.75) is 26.2 Å². The van der Waals surface area contributed by atoms with Crippen LogP contribution in [-0.4, -0.2) is 23.2 Å². The van der Waals surface area contributed by atoms with Crippen molar-refractivity contribution in [1.29, 1.82) is 0 Å². The number of carbonyl (C=O) groups excluding carboxylic acids is 2. The maximum absolute atomic E-state index is 13.2. The molecule has 0 saturated heterocycles. The molecule has 4 rings (SSSR count). The lowest BCUT2D eigenvalue weighted by Gasteiger charge is -2.22. The molecule has 1 amide bonds. The number of nitrogens with one attached hydrogen (secondary N) is 1. The highest BCUT2D eigenvalue weighted by atomic mass is 32.1. The van der Waals surface area contributed by atoms with Crippen molar-refractivity contribution in [3.05, 3.63) is 88.9 Å². The fourth-order valence-electron chi connectivity index (χ4n) is 3.30. The second-order valence-electron chi connectivity index (χ2n) is 8.41. The summed E-state index contributed by atoms with van der Waals surface area (Å²) in [6.07, 6.45) is 1.56. The lowest BCUT2D eigenvalue weighted by Crippen LogP contribution is -2.36. The van der Waals surface area contributed by atoms with Gasteiger partial charge in [0.1, 0.15) is 12.1 Å². The number of rotatable bonds is 7. The number of nitrogens with zero attached hydrogens (tertiary/aromatic N) is 1. The third kappa shape index (κ3) is 5.09. The molecule has 0 fully saturated rings. The van der Waals surface area contributed by atoms with Gasteiger partial charge in [-0.3, -0.25) is 9.59 Å². The molecule has 0 aliphatic rings. The van der Waals surface area contributed by atoms with E-state index in [4.69, 9.17) is 4.42 Å². The number of hydrogen-bond donors (Lipinski definition) is 1.